The first-order chi connectivity index (χ1) is 31.7. The molecule has 0 rings (SSSR count). The van der Waals surface area contributed by atoms with E-state index in [1.54, 1.807) is 0 Å². The molecule has 0 saturated heterocycles. The van der Waals surface area contributed by atoms with Crippen LogP contribution in [-0.4, -0.2) is 37.2 Å². The van der Waals surface area contributed by atoms with Crippen LogP contribution >= 0.6 is 0 Å². The molecule has 65 heavy (non-hydrogen) atoms. The van der Waals surface area contributed by atoms with E-state index in [-0.39, 0.29) is 31.1 Å². The van der Waals surface area contributed by atoms with Gasteiger partial charge >= 0.3 is 17.9 Å². The summed E-state index contributed by atoms with van der Waals surface area (Å²) in [5.74, 6) is 0.810. The summed E-state index contributed by atoms with van der Waals surface area (Å²) in [6, 6.07) is 0. The molecule has 6 heteroatoms. The highest BCUT2D eigenvalue weighted by Crippen LogP contribution is 2.18. The molecule has 0 aliphatic rings. The van der Waals surface area contributed by atoms with E-state index in [0.29, 0.717) is 19.3 Å². The third-order valence-corrected chi connectivity index (χ3v) is 13.5. The lowest BCUT2D eigenvalue weighted by Gasteiger charge is -2.18. The van der Waals surface area contributed by atoms with Gasteiger partial charge in [0.15, 0.2) is 6.10 Å². The molecule has 0 N–H and O–H groups in total. The maximum atomic E-state index is 12.8. The van der Waals surface area contributed by atoms with Crippen molar-refractivity contribution in [3.8, 4) is 0 Å². The second-order valence-electron chi connectivity index (χ2n) is 21.2. The van der Waals surface area contributed by atoms with Gasteiger partial charge in [0, 0.05) is 19.3 Å². The van der Waals surface area contributed by atoms with Gasteiger partial charge in [-0.2, -0.15) is 0 Å². The van der Waals surface area contributed by atoms with Crippen LogP contribution in [0.15, 0.2) is 0 Å². The number of ether oxygens (including phenoxy) is 3. The minimum atomic E-state index is -0.763. The van der Waals surface area contributed by atoms with Crippen molar-refractivity contribution in [2.45, 2.75) is 336 Å². The summed E-state index contributed by atoms with van der Waals surface area (Å²) in [6.45, 7) is 11.4. The molecular weight excluding hydrogens is 805 g/mol. The molecule has 0 amide bonds. The van der Waals surface area contributed by atoms with Gasteiger partial charge in [-0.3, -0.25) is 14.4 Å². The van der Waals surface area contributed by atoms with Crippen molar-refractivity contribution in [3.05, 3.63) is 0 Å². The van der Waals surface area contributed by atoms with Crippen molar-refractivity contribution in [2.24, 2.45) is 11.8 Å². The second kappa shape index (κ2) is 51.8. The van der Waals surface area contributed by atoms with Crippen molar-refractivity contribution < 1.29 is 28.6 Å². The number of unbranched alkanes of at least 4 members (excludes halogenated alkanes) is 38. The Morgan fingerprint density at radius 2 is 0.508 bits per heavy atom. The normalized spacial score (nSPS) is 12.0. The highest BCUT2D eigenvalue weighted by atomic mass is 16.6. The molecular formula is C59H114O6. The first kappa shape index (κ1) is 63.4. The predicted molar refractivity (Wildman–Crippen MR) is 280 cm³/mol. The summed E-state index contributed by atoms with van der Waals surface area (Å²) >= 11 is 0. The fourth-order valence-corrected chi connectivity index (χ4v) is 9.05. The fourth-order valence-electron chi connectivity index (χ4n) is 9.05. The van der Waals surface area contributed by atoms with Gasteiger partial charge in [0.05, 0.1) is 0 Å². The van der Waals surface area contributed by atoms with Crippen molar-refractivity contribution in [3.63, 3.8) is 0 Å². The van der Waals surface area contributed by atoms with Gasteiger partial charge in [0.25, 0.3) is 0 Å². The minimum absolute atomic E-state index is 0.0628. The smallest absolute Gasteiger partial charge is 0.306 e. The highest BCUT2D eigenvalue weighted by molar-refractivity contribution is 5.71. The number of carbonyl (C=O) groups is 3. The molecule has 1 atom stereocenters. The summed E-state index contributed by atoms with van der Waals surface area (Å²) in [6.07, 6.45) is 55.3. The van der Waals surface area contributed by atoms with Crippen molar-refractivity contribution in [1.82, 2.24) is 0 Å². The molecule has 0 aromatic heterocycles. The average Bonchev–Trinajstić information content (AvgIpc) is 3.28. The lowest BCUT2D eigenvalue weighted by molar-refractivity contribution is -0.167. The van der Waals surface area contributed by atoms with E-state index in [4.69, 9.17) is 14.2 Å². The summed E-state index contributed by atoms with van der Waals surface area (Å²) in [7, 11) is 0. The van der Waals surface area contributed by atoms with Gasteiger partial charge < -0.3 is 14.2 Å². The Labute approximate surface area is 406 Å². The summed E-state index contributed by atoms with van der Waals surface area (Å²) in [5.41, 5.74) is 0. The van der Waals surface area contributed by atoms with E-state index < -0.39 is 6.10 Å². The van der Waals surface area contributed by atoms with Crippen LogP contribution in [0, 0.1) is 11.8 Å². The van der Waals surface area contributed by atoms with Gasteiger partial charge in [-0.1, -0.05) is 291 Å². The Balaban J connectivity index is 4.27. The van der Waals surface area contributed by atoms with Crippen LogP contribution in [0.2, 0.25) is 0 Å². The van der Waals surface area contributed by atoms with Crippen LogP contribution in [0.1, 0.15) is 330 Å². The van der Waals surface area contributed by atoms with Crippen molar-refractivity contribution in [2.75, 3.05) is 13.2 Å². The van der Waals surface area contributed by atoms with Crippen molar-refractivity contribution >= 4 is 17.9 Å². The maximum absolute atomic E-state index is 12.8. The molecule has 0 aliphatic heterocycles. The minimum Gasteiger partial charge on any atom is -0.462 e. The maximum Gasteiger partial charge on any atom is 0.306 e. The zero-order chi connectivity index (χ0) is 47.5. The molecule has 0 radical (unpaired) electrons. The summed E-state index contributed by atoms with van der Waals surface area (Å²) in [4.78, 5) is 38.1. The van der Waals surface area contributed by atoms with Crippen LogP contribution in [0.25, 0.3) is 0 Å². The molecule has 0 bridgehead atoms. The van der Waals surface area contributed by atoms with Gasteiger partial charge in [-0.25, -0.2) is 0 Å². The Morgan fingerprint density at radius 3 is 0.754 bits per heavy atom. The molecule has 0 saturated carbocycles. The molecule has 0 spiro atoms. The van der Waals surface area contributed by atoms with E-state index >= 15 is 0 Å². The quantitative estimate of drug-likeness (QED) is 0.0344. The lowest BCUT2D eigenvalue weighted by Crippen LogP contribution is -2.30. The first-order valence-electron chi connectivity index (χ1n) is 29.2. The molecule has 0 heterocycles. The summed E-state index contributed by atoms with van der Waals surface area (Å²) in [5, 5.41) is 0. The van der Waals surface area contributed by atoms with Crippen LogP contribution in [0.4, 0.5) is 0 Å². The van der Waals surface area contributed by atoms with Crippen LogP contribution in [0.3, 0.4) is 0 Å². The lowest BCUT2D eigenvalue weighted by atomic mass is 10.0. The summed E-state index contributed by atoms with van der Waals surface area (Å²) < 4.78 is 16.9. The van der Waals surface area contributed by atoms with Gasteiger partial charge in [0.2, 0.25) is 0 Å². The van der Waals surface area contributed by atoms with Gasteiger partial charge in [-0.05, 0) is 31.1 Å². The number of rotatable bonds is 53. The van der Waals surface area contributed by atoms with E-state index in [9.17, 15) is 14.4 Å². The molecule has 6 nitrogen and oxygen atoms in total. The SMILES string of the molecule is CCCCCCCCCCCCCCCCCCCCCC(=O)OC[C@@H](COC(=O)CCCCCCCCCCCCC(C)C)OC(=O)CCCCCCCCCCCCCCC(C)C. The van der Waals surface area contributed by atoms with Crippen LogP contribution in [0.5, 0.6) is 0 Å². The number of hydrogen-bond acceptors (Lipinski definition) is 6. The Kier molecular flexibility index (Phi) is 50.5. The number of carbonyl (C=O) groups excluding carboxylic acids is 3. The number of hydrogen-bond donors (Lipinski definition) is 0. The third-order valence-electron chi connectivity index (χ3n) is 13.5. The van der Waals surface area contributed by atoms with Crippen LogP contribution in [-0.2, 0) is 28.6 Å². The van der Waals surface area contributed by atoms with Crippen molar-refractivity contribution in [1.29, 1.82) is 0 Å². The standard InChI is InChI=1S/C59H114O6/c1-6-7-8-9-10-11-12-13-14-15-16-17-18-19-23-29-34-39-44-49-57(60)63-52-56(53-64-58(61)50-45-40-35-30-26-25-28-33-38-43-48-55(4)5)65-59(62)51-46-41-36-31-24-21-20-22-27-32-37-42-47-54(2)3/h54-56H,6-53H2,1-5H3/t56-/m0/s1. The molecule has 0 unspecified atom stereocenters. The average molecular weight is 920 g/mol. The Morgan fingerprint density at radius 1 is 0.292 bits per heavy atom. The van der Waals surface area contributed by atoms with E-state index in [1.807, 2.05) is 0 Å². The third kappa shape index (κ3) is 53.2. The molecule has 0 fully saturated rings. The van der Waals surface area contributed by atoms with E-state index in [0.717, 1.165) is 69.6 Å². The van der Waals surface area contributed by atoms with Gasteiger partial charge in [-0.15, -0.1) is 0 Å². The molecule has 0 aliphatic carbocycles. The Hall–Kier alpha value is -1.59. The van der Waals surface area contributed by atoms with Gasteiger partial charge in [0.1, 0.15) is 13.2 Å². The highest BCUT2D eigenvalue weighted by Gasteiger charge is 2.19. The van der Waals surface area contributed by atoms with E-state index in [2.05, 4.69) is 34.6 Å². The molecule has 0 aromatic carbocycles. The fraction of sp³-hybridized carbons (Fsp3) is 0.949. The van der Waals surface area contributed by atoms with Crippen LogP contribution < -0.4 is 0 Å². The molecule has 386 valence electrons. The monoisotopic (exact) mass is 919 g/mol. The zero-order valence-electron chi connectivity index (χ0n) is 44.6. The second-order valence-corrected chi connectivity index (χ2v) is 21.2. The first-order valence-corrected chi connectivity index (χ1v) is 29.2. The predicted octanol–water partition coefficient (Wildman–Crippen LogP) is 19.3. The molecule has 0 aromatic rings. The Bertz CT molecular complexity index is 993. The number of esters is 3. The largest absolute Gasteiger partial charge is 0.462 e. The van der Waals surface area contributed by atoms with E-state index in [1.165, 1.54) is 218 Å². The zero-order valence-corrected chi connectivity index (χ0v) is 44.6. The topological polar surface area (TPSA) is 78.9 Å².